The number of aliphatic carboxylic acids is 1. The number of carboxylic acids is 1. The lowest BCUT2D eigenvalue weighted by Crippen LogP contribution is -2.64. The maximum atomic E-state index is 11.8. The van der Waals surface area contributed by atoms with Crippen LogP contribution in [0, 0.1) is 10.1 Å². The van der Waals surface area contributed by atoms with E-state index in [0.29, 0.717) is 0 Å². The van der Waals surface area contributed by atoms with Gasteiger partial charge in [-0.05, 0) is 6.07 Å². The predicted octanol–water partition coefficient (Wildman–Crippen LogP) is 0.0705. The summed E-state index contributed by atoms with van der Waals surface area (Å²) in [4.78, 5) is 57.0. The third kappa shape index (κ3) is 6.36. The molecule has 1 heterocycles. The maximum Gasteiger partial charge on any atom is 0.337 e. The van der Waals surface area contributed by atoms with Gasteiger partial charge in [0.15, 0.2) is 18.3 Å². The van der Waals surface area contributed by atoms with Gasteiger partial charge in [-0.2, -0.15) is 0 Å². The van der Waals surface area contributed by atoms with Gasteiger partial charge >= 0.3 is 23.9 Å². The molecule has 0 saturated carbocycles. The van der Waals surface area contributed by atoms with Crippen LogP contribution in [-0.4, -0.2) is 69.7 Å². The number of carboxylic acid groups (broad SMARTS) is 1. The van der Waals surface area contributed by atoms with Gasteiger partial charge < -0.3 is 33.9 Å². The topological polar surface area (TPSA) is 198 Å². The molecule has 2 N–H and O–H groups in total. The predicted molar refractivity (Wildman–Crippen MR) is 103 cm³/mol. The Morgan fingerprint density at radius 2 is 1.55 bits per heavy atom. The molecule has 14 nitrogen and oxygen atoms in total. The number of carbonyl (C=O) groups excluding carboxylic acids is 3. The van der Waals surface area contributed by atoms with E-state index in [4.69, 9.17) is 23.7 Å². The van der Waals surface area contributed by atoms with E-state index in [0.717, 1.165) is 39.0 Å². The van der Waals surface area contributed by atoms with Crippen molar-refractivity contribution in [3.05, 3.63) is 33.9 Å². The van der Waals surface area contributed by atoms with E-state index in [9.17, 15) is 39.5 Å². The Balaban J connectivity index is 2.53. The van der Waals surface area contributed by atoms with Crippen LogP contribution in [0.1, 0.15) is 26.3 Å². The summed E-state index contributed by atoms with van der Waals surface area (Å²) >= 11 is 0. The largest absolute Gasteiger partial charge is 0.479 e. The minimum atomic E-state index is -1.91. The lowest BCUT2D eigenvalue weighted by atomic mass is 9.97. The molecule has 1 aliphatic rings. The molecule has 1 fully saturated rings. The zero-order valence-corrected chi connectivity index (χ0v) is 17.7. The van der Waals surface area contributed by atoms with E-state index in [1.54, 1.807) is 0 Å². The molecule has 0 amide bonds. The standard InChI is InChI=1S/C19H21NO13/c1-8(22)29-14-15(30-9(2)23)17(31-10(3)24)19(33-16(14)18(25)26)32-13-5-4-12(20(27)28)6-11(13)7-21/h4-6,14-17,19,21H,7H2,1-3H3,(H,25,26)/t14-,15-,16-,17+,19?/m0/s1. The van der Waals surface area contributed by atoms with E-state index in [1.807, 2.05) is 0 Å². The van der Waals surface area contributed by atoms with Crippen LogP contribution in [0.15, 0.2) is 18.2 Å². The Labute approximate surface area is 186 Å². The van der Waals surface area contributed by atoms with Gasteiger partial charge in [-0.15, -0.1) is 0 Å². The number of nitrogens with zero attached hydrogens (tertiary/aromatic N) is 1. The number of hydrogen-bond donors (Lipinski definition) is 2. The molecule has 2 rings (SSSR count). The average Bonchev–Trinajstić information content (AvgIpc) is 2.70. The van der Waals surface area contributed by atoms with E-state index in [2.05, 4.69) is 0 Å². The first kappa shape index (κ1) is 25.5. The van der Waals surface area contributed by atoms with Crippen LogP contribution >= 0.6 is 0 Å². The van der Waals surface area contributed by atoms with Crippen molar-refractivity contribution >= 4 is 29.6 Å². The monoisotopic (exact) mass is 471 g/mol. The third-order valence-corrected chi connectivity index (χ3v) is 4.31. The number of hydrogen-bond acceptors (Lipinski definition) is 12. The minimum Gasteiger partial charge on any atom is -0.479 e. The zero-order chi connectivity index (χ0) is 24.9. The van der Waals surface area contributed by atoms with E-state index < -0.39 is 66.1 Å². The molecule has 0 aromatic heterocycles. The number of aliphatic hydroxyl groups is 1. The summed E-state index contributed by atoms with van der Waals surface area (Å²) in [6, 6.07) is 3.18. The molecule has 1 aliphatic heterocycles. The fourth-order valence-electron chi connectivity index (χ4n) is 3.11. The van der Waals surface area contributed by atoms with Crippen molar-refractivity contribution in [2.45, 2.75) is 58.1 Å². The Hall–Kier alpha value is -3.78. The molecule has 1 unspecified atom stereocenters. The fraction of sp³-hybridized carbons (Fsp3) is 0.474. The molecule has 0 bridgehead atoms. The summed E-state index contributed by atoms with van der Waals surface area (Å²) < 4.78 is 26.2. The summed E-state index contributed by atoms with van der Waals surface area (Å²) in [5, 5.41) is 30.1. The lowest BCUT2D eigenvalue weighted by molar-refractivity contribution is -0.385. The molecule has 1 aromatic rings. The Kier molecular flexibility index (Phi) is 8.26. The van der Waals surface area contributed by atoms with Crippen LogP contribution in [0.25, 0.3) is 0 Å². The first-order valence-electron chi connectivity index (χ1n) is 9.39. The second-order valence-electron chi connectivity index (χ2n) is 6.81. The maximum absolute atomic E-state index is 11.8. The molecule has 0 radical (unpaired) electrons. The first-order valence-corrected chi connectivity index (χ1v) is 9.39. The van der Waals surface area contributed by atoms with Gasteiger partial charge in [-0.1, -0.05) is 0 Å². The number of carbonyl (C=O) groups is 4. The minimum absolute atomic E-state index is 0.0626. The van der Waals surface area contributed by atoms with E-state index >= 15 is 0 Å². The molecule has 1 aromatic carbocycles. The van der Waals surface area contributed by atoms with Crippen LogP contribution in [0.3, 0.4) is 0 Å². The summed E-state index contributed by atoms with van der Waals surface area (Å²) in [5.41, 5.74) is -0.420. The molecular formula is C19H21NO13. The zero-order valence-electron chi connectivity index (χ0n) is 17.7. The Morgan fingerprint density at radius 1 is 1.00 bits per heavy atom. The van der Waals surface area contributed by atoms with E-state index in [1.165, 1.54) is 0 Å². The highest BCUT2D eigenvalue weighted by atomic mass is 16.7. The van der Waals surface area contributed by atoms with Gasteiger partial charge in [0.1, 0.15) is 5.75 Å². The highest BCUT2D eigenvalue weighted by Crippen LogP contribution is 2.33. The number of nitro groups is 1. The molecular weight excluding hydrogens is 450 g/mol. The number of ether oxygens (including phenoxy) is 5. The number of nitro benzene ring substituents is 1. The Bertz CT molecular complexity index is 946. The summed E-state index contributed by atoms with van der Waals surface area (Å²) in [6.07, 6.45) is -8.62. The number of rotatable bonds is 8. The smallest absolute Gasteiger partial charge is 0.337 e. The van der Waals surface area contributed by atoms with Gasteiger partial charge in [0.2, 0.25) is 12.4 Å². The van der Waals surface area contributed by atoms with Crippen molar-refractivity contribution in [3.63, 3.8) is 0 Å². The normalized spacial score (nSPS) is 24.3. The highest BCUT2D eigenvalue weighted by molar-refractivity contribution is 5.75. The Morgan fingerprint density at radius 3 is 2.03 bits per heavy atom. The highest BCUT2D eigenvalue weighted by Gasteiger charge is 2.55. The molecule has 180 valence electrons. The fourth-order valence-corrected chi connectivity index (χ4v) is 3.11. The van der Waals surface area contributed by atoms with Crippen LogP contribution in [0.2, 0.25) is 0 Å². The van der Waals surface area contributed by atoms with Crippen molar-refractivity contribution < 1.29 is 58.0 Å². The van der Waals surface area contributed by atoms with Gasteiger partial charge in [0, 0.05) is 38.5 Å². The van der Waals surface area contributed by atoms with Gasteiger partial charge in [0.25, 0.3) is 5.69 Å². The van der Waals surface area contributed by atoms with E-state index in [-0.39, 0.29) is 17.0 Å². The number of esters is 3. The van der Waals surface area contributed by atoms with Crippen LogP contribution in [-0.2, 0) is 44.7 Å². The van der Waals surface area contributed by atoms with Crippen molar-refractivity contribution in [2.24, 2.45) is 0 Å². The molecule has 33 heavy (non-hydrogen) atoms. The average molecular weight is 471 g/mol. The summed E-state index contributed by atoms with van der Waals surface area (Å²) in [5.74, 6) is -4.51. The van der Waals surface area contributed by atoms with Crippen LogP contribution in [0.5, 0.6) is 5.75 Å². The summed E-state index contributed by atoms with van der Waals surface area (Å²) in [7, 11) is 0. The van der Waals surface area contributed by atoms with Crippen molar-refractivity contribution in [3.8, 4) is 5.75 Å². The number of non-ortho nitro benzene ring substituents is 1. The quantitative estimate of drug-likeness (QED) is 0.224. The van der Waals surface area contributed by atoms with Gasteiger partial charge in [-0.25, -0.2) is 4.79 Å². The molecule has 0 spiro atoms. The van der Waals surface area contributed by atoms with Crippen molar-refractivity contribution in [2.75, 3.05) is 0 Å². The lowest BCUT2D eigenvalue weighted by Gasteiger charge is -2.42. The third-order valence-electron chi connectivity index (χ3n) is 4.31. The number of aliphatic hydroxyl groups excluding tert-OH is 1. The molecule has 5 atom stereocenters. The SMILES string of the molecule is CC(=O)O[C@H]1[C@H](OC(C)=O)[C@@H](OC(C)=O)C(Oc2ccc([N+](=O)[O-])cc2CO)O[C@@H]1C(=O)O. The van der Waals surface area contributed by atoms with Crippen molar-refractivity contribution in [1.82, 2.24) is 0 Å². The van der Waals surface area contributed by atoms with Crippen LogP contribution in [0.4, 0.5) is 5.69 Å². The second-order valence-corrected chi connectivity index (χ2v) is 6.81. The van der Waals surface area contributed by atoms with Gasteiger partial charge in [0.05, 0.1) is 11.5 Å². The molecule has 14 heteroatoms. The first-order chi connectivity index (χ1) is 15.4. The summed E-state index contributed by atoms with van der Waals surface area (Å²) in [6.45, 7) is 2.29. The second kappa shape index (κ2) is 10.7. The number of benzene rings is 1. The molecule has 0 aliphatic carbocycles. The molecule has 1 saturated heterocycles. The van der Waals surface area contributed by atoms with Gasteiger partial charge in [-0.3, -0.25) is 24.5 Å². The van der Waals surface area contributed by atoms with Crippen LogP contribution < -0.4 is 4.74 Å². The van der Waals surface area contributed by atoms with Crippen molar-refractivity contribution in [1.29, 1.82) is 0 Å².